The number of rotatable bonds is 7. The molecule has 2 heterocycles. The number of furan rings is 1. The standard InChI is InChI=1S/C13H19N3O2/c1-16-8-7-15-13(16)12(11-5-4-10-18-11)14-6-2-3-9-17/h4-5,7-8,10,12,14,17H,2-3,6,9H2,1H3. The van der Waals surface area contributed by atoms with Crippen LogP contribution in [0, 0.1) is 0 Å². The molecule has 0 aromatic carbocycles. The van der Waals surface area contributed by atoms with Gasteiger partial charge in [-0.2, -0.15) is 0 Å². The average molecular weight is 249 g/mol. The zero-order valence-corrected chi connectivity index (χ0v) is 10.5. The Morgan fingerprint density at radius 2 is 2.39 bits per heavy atom. The molecular formula is C13H19N3O2. The highest BCUT2D eigenvalue weighted by Crippen LogP contribution is 2.20. The van der Waals surface area contributed by atoms with Crippen molar-refractivity contribution in [3.63, 3.8) is 0 Å². The number of aliphatic hydroxyl groups excluding tert-OH is 1. The number of hydrogen-bond acceptors (Lipinski definition) is 4. The van der Waals surface area contributed by atoms with Gasteiger partial charge in [0.1, 0.15) is 17.6 Å². The summed E-state index contributed by atoms with van der Waals surface area (Å²) in [5.41, 5.74) is 0. The second-order valence-corrected chi connectivity index (χ2v) is 4.23. The summed E-state index contributed by atoms with van der Waals surface area (Å²) in [6.45, 7) is 1.05. The SMILES string of the molecule is Cn1ccnc1C(NCCCCO)c1ccco1. The van der Waals surface area contributed by atoms with Gasteiger partial charge in [-0.25, -0.2) is 4.98 Å². The lowest BCUT2D eigenvalue weighted by Crippen LogP contribution is -2.25. The summed E-state index contributed by atoms with van der Waals surface area (Å²) in [4.78, 5) is 4.36. The third-order valence-corrected chi connectivity index (χ3v) is 2.88. The van der Waals surface area contributed by atoms with Gasteiger partial charge in [0.05, 0.1) is 6.26 Å². The topological polar surface area (TPSA) is 63.2 Å². The Kier molecular flexibility index (Phi) is 4.55. The highest BCUT2D eigenvalue weighted by molar-refractivity contribution is 5.15. The van der Waals surface area contributed by atoms with Gasteiger partial charge >= 0.3 is 0 Å². The summed E-state index contributed by atoms with van der Waals surface area (Å²) in [6.07, 6.45) is 7.10. The Morgan fingerprint density at radius 3 is 3.00 bits per heavy atom. The summed E-state index contributed by atoms with van der Waals surface area (Å²) >= 11 is 0. The van der Waals surface area contributed by atoms with Crippen molar-refractivity contribution < 1.29 is 9.52 Å². The largest absolute Gasteiger partial charge is 0.467 e. The number of hydrogen-bond donors (Lipinski definition) is 2. The second-order valence-electron chi connectivity index (χ2n) is 4.23. The van der Waals surface area contributed by atoms with E-state index in [1.54, 1.807) is 12.5 Å². The first-order valence-electron chi connectivity index (χ1n) is 6.18. The van der Waals surface area contributed by atoms with Crippen LogP contribution in [0.4, 0.5) is 0 Å². The first kappa shape index (κ1) is 12.9. The normalized spacial score (nSPS) is 12.8. The average Bonchev–Trinajstić information content (AvgIpc) is 3.01. The number of aryl methyl sites for hydroxylation is 1. The predicted octanol–water partition coefficient (Wildman–Crippen LogP) is 1.46. The summed E-state index contributed by atoms with van der Waals surface area (Å²) in [5, 5.41) is 12.2. The van der Waals surface area contributed by atoms with Gasteiger partial charge in [0.2, 0.25) is 0 Å². The molecule has 0 radical (unpaired) electrons. The minimum absolute atomic E-state index is 0.0429. The van der Waals surface area contributed by atoms with E-state index in [1.165, 1.54) is 0 Å². The Bertz CT molecular complexity index is 451. The molecule has 0 saturated carbocycles. The van der Waals surface area contributed by atoms with Crippen molar-refractivity contribution in [2.75, 3.05) is 13.2 Å². The van der Waals surface area contributed by atoms with Crippen LogP contribution >= 0.6 is 0 Å². The van der Waals surface area contributed by atoms with Crippen molar-refractivity contribution in [1.82, 2.24) is 14.9 Å². The zero-order valence-electron chi connectivity index (χ0n) is 10.5. The van der Waals surface area contributed by atoms with Crippen molar-refractivity contribution in [3.05, 3.63) is 42.4 Å². The lowest BCUT2D eigenvalue weighted by Gasteiger charge is -2.16. The van der Waals surface area contributed by atoms with E-state index in [2.05, 4.69) is 10.3 Å². The number of unbranched alkanes of at least 4 members (excludes halogenated alkanes) is 1. The number of nitrogens with zero attached hydrogens (tertiary/aromatic N) is 2. The van der Waals surface area contributed by atoms with Crippen molar-refractivity contribution in [2.45, 2.75) is 18.9 Å². The molecule has 0 fully saturated rings. The Hall–Kier alpha value is -1.59. The molecule has 0 aliphatic heterocycles. The monoisotopic (exact) mass is 249 g/mol. The van der Waals surface area contributed by atoms with Gasteiger partial charge in [-0.15, -0.1) is 0 Å². The number of aromatic nitrogens is 2. The molecule has 0 saturated heterocycles. The molecule has 98 valence electrons. The third-order valence-electron chi connectivity index (χ3n) is 2.88. The zero-order chi connectivity index (χ0) is 12.8. The third kappa shape index (κ3) is 3.00. The molecule has 0 bridgehead atoms. The highest BCUT2D eigenvalue weighted by Gasteiger charge is 2.19. The van der Waals surface area contributed by atoms with E-state index in [0.29, 0.717) is 0 Å². The fourth-order valence-electron chi connectivity index (χ4n) is 1.91. The molecule has 5 nitrogen and oxygen atoms in total. The number of nitrogens with one attached hydrogen (secondary N) is 1. The van der Waals surface area contributed by atoms with Crippen LogP contribution in [-0.2, 0) is 7.05 Å². The number of imidazole rings is 1. The van der Waals surface area contributed by atoms with Crippen LogP contribution in [-0.4, -0.2) is 27.8 Å². The van der Waals surface area contributed by atoms with Crippen molar-refractivity contribution >= 4 is 0 Å². The van der Waals surface area contributed by atoms with Gasteiger partial charge < -0.3 is 19.4 Å². The van der Waals surface area contributed by atoms with Crippen molar-refractivity contribution in [1.29, 1.82) is 0 Å². The maximum absolute atomic E-state index is 8.78. The molecule has 0 spiro atoms. The maximum Gasteiger partial charge on any atom is 0.133 e. The van der Waals surface area contributed by atoms with E-state index in [-0.39, 0.29) is 12.6 Å². The quantitative estimate of drug-likeness (QED) is 0.729. The van der Waals surface area contributed by atoms with Crippen LogP contribution in [0.5, 0.6) is 0 Å². The van der Waals surface area contributed by atoms with Gasteiger partial charge in [0.15, 0.2) is 0 Å². The van der Waals surface area contributed by atoms with E-state index in [9.17, 15) is 0 Å². The first-order valence-corrected chi connectivity index (χ1v) is 6.18. The molecule has 5 heteroatoms. The van der Waals surface area contributed by atoms with E-state index in [1.807, 2.05) is 29.9 Å². The summed E-state index contributed by atoms with van der Waals surface area (Å²) in [5.74, 6) is 1.78. The van der Waals surface area contributed by atoms with Crippen LogP contribution in [0.1, 0.15) is 30.5 Å². The fourth-order valence-corrected chi connectivity index (χ4v) is 1.91. The van der Waals surface area contributed by atoms with Crippen molar-refractivity contribution in [3.8, 4) is 0 Å². The predicted molar refractivity (Wildman–Crippen MR) is 68.1 cm³/mol. The van der Waals surface area contributed by atoms with Crippen LogP contribution in [0.25, 0.3) is 0 Å². The maximum atomic E-state index is 8.78. The molecule has 2 N–H and O–H groups in total. The number of aliphatic hydroxyl groups is 1. The van der Waals surface area contributed by atoms with Crippen LogP contribution in [0.3, 0.4) is 0 Å². The molecule has 0 amide bonds. The van der Waals surface area contributed by atoms with E-state index in [0.717, 1.165) is 31.0 Å². The molecule has 0 aliphatic rings. The van der Waals surface area contributed by atoms with Crippen molar-refractivity contribution in [2.24, 2.45) is 7.05 Å². The summed E-state index contributed by atoms with van der Waals surface area (Å²) in [6, 6.07) is 3.78. The summed E-state index contributed by atoms with van der Waals surface area (Å²) < 4.78 is 7.44. The molecule has 1 atom stereocenters. The smallest absolute Gasteiger partial charge is 0.133 e. The van der Waals surface area contributed by atoms with Gasteiger partial charge in [-0.3, -0.25) is 0 Å². The van der Waals surface area contributed by atoms with E-state index >= 15 is 0 Å². The molecule has 18 heavy (non-hydrogen) atoms. The minimum Gasteiger partial charge on any atom is -0.467 e. The fraction of sp³-hybridized carbons (Fsp3) is 0.462. The Balaban J connectivity index is 2.07. The lowest BCUT2D eigenvalue weighted by atomic mass is 10.2. The molecule has 1 unspecified atom stereocenters. The molecular weight excluding hydrogens is 230 g/mol. The highest BCUT2D eigenvalue weighted by atomic mass is 16.3. The Labute approximate surface area is 106 Å². The van der Waals surface area contributed by atoms with E-state index < -0.39 is 0 Å². The second kappa shape index (κ2) is 6.37. The summed E-state index contributed by atoms with van der Waals surface area (Å²) in [7, 11) is 1.97. The molecule has 2 rings (SSSR count). The van der Waals surface area contributed by atoms with Gasteiger partial charge in [0, 0.05) is 26.0 Å². The molecule has 2 aromatic rings. The Morgan fingerprint density at radius 1 is 1.50 bits per heavy atom. The lowest BCUT2D eigenvalue weighted by molar-refractivity contribution is 0.282. The van der Waals surface area contributed by atoms with Gasteiger partial charge in [-0.05, 0) is 31.5 Å². The van der Waals surface area contributed by atoms with Crippen LogP contribution < -0.4 is 5.32 Å². The molecule has 2 aromatic heterocycles. The van der Waals surface area contributed by atoms with Gasteiger partial charge in [-0.1, -0.05) is 0 Å². The van der Waals surface area contributed by atoms with Crippen LogP contribution in [0.15, 0.2) is 35.2 Å². The molecule has 0 aliphatic carbocycles. The van der Waals surface area contributed by atoms with E-state index in [4.69, 9.17) is 9.52 Å². The minimum atomic E-state index is -0.0429. The first-order chi connectivity index (χ1) is 8.83. The van der Waals surface area contributed by atoms with Gasteiger partial charge in [0.25, 0.3) is 0 Å². The van der Waals surface area contributed by atoms with Crippen LogP contribution in [0.2, 0.25) is 0 Å².